The molecule has 4 rings (SSSR count). The second kappa shape index (κ2) is 17.2. The van der Waals surface area contributed by atoms with E-state index in [-0.39, 0.29) is 29.8 Å². The fourth-order valence-corrected chi connectivity index (χ4v) is 12.9. The monoisotopic (exact) mass is 676 g/mol. The predicted molar refractivity (Wildman–Crippen MR) is 192 cm³/mol. The van der Waals surface area contributed by atoms with E-state index in [1.54, 1.807) is 6.92 Å². The second-order valence-corrected chi connectivity index (χ2v) is 19.5. The van der Waals surface area contributed by atoms with Gasteiger partial charge in [0.25, 0.3) is 0 Å². The molecule has 1 aliphatic rings. The second-order valence-electron chi connectivity index (χ2n) is 14.1. The van der Waals surface area contributed by atoms with Crippen molar-refractivity contribution < 1.29 is 32.9 Å². The van der Waals surface area contributed by atoms with Crippen molar-refractivity contribution in [3.05, 3.63) is 108 Å². The summed E-state index contributed by atoms with van der Waals surface area (Å²) in [6.45, 7) is 19.9. The van der Waals surface area contributed by atoms with E-state index in [1.165, 1.54) is 0 Å². The van der Waals surface area contributed by atoms with Gasteiger partial charge in [-0.3, -0.25) is 0 Å². The normalized spacial score (nSPS) is 19.8. The van der Waals surface area contributed by atoms with Crippen molar-refractivity contribution in [2.45, 2.75) is 128 Å². The van der Waals surface area contributed by atoms with Gasteiger partial charge in [0.2, 0.25) is 8.32 Å². The summed E-state index contributed by atoms with van der Waals surface area (Å²) in [4.78, 5) is 13.6. The summed E-state index contributed by atoms with van der Waals surface area (Å²) in [6.07, 6.45) is -3.86. The minimum Gasteiger partial charge on any atom is -0.464 e. The lowest BCUT2D eigenvalue weighted by atomic mass is 9.94. The van der Waals surface area contributed by atoms with E-state index < -0.39 is 50.6 Å². The topological polar surface area (TPSA) is 72.5 Å². The van der Waals surface area contributed by atoms with Crippen LogP contribution < -0.4 is 0 Å². The van der Waals surface area contributed by atoms with Crippen LogP contribution in [0.5, 0.6) is 0 Å². The Balaban J connectivity index is 1.93. The fourth-order valence-electron chi connectivity index (χ4n) is 7.31. The fraction of sp³-hybridized carbons (Fsp3) is 0.525. The van der Waals surface area contributed by atoms with Crippen LogP contribution in [0.2, 0.25) is 16.6 Å². The summed E-state index contributed by atoms with van der Waals surface area (Å²) in [6, 6.07) is 30.3. The Bertz CT molecular complexity index is 1360. The smallest absolute Gasteiger partial charge is 0.338 e. The summed E-state index contributed by atoms with van der Waals surface area (Å²) < 4.78 is 40.1. The molecule has 1 heterocycles. The van der Waals surface area contributed by atoms with E-state index >= 15 is 0 Å². The highest BCUT2D eigenvalue weighted by molar-refractivity contribution is 6.77. The van der Waals surface area contributed by atoms with E-state index in [0.717, 1.165) is 16.7 Å². The van der Waals surface area contributed by atoms with Crippen LogP contribution in [0.25, 0.3) is 0 Å². The van der Waals surface area contributed by atoms with Gasteiger partial charge in [-0.1, -0.05) is 133 Å². The molecule has 0 radical (unpaired) electrons. The summed E-state index contributed by atoms with van der Waals surface area (Å²) in [5, 5.41) is 0. The van der Waals surface area contributed by atoms with Crippen LogP contribution in [0.15, 0.2) is 91.0 Å². The number of rotatable bonds is 17. The third-order valence-electron chi connectivity index (χ3n) is 9.33. The summed E-state index contributed by atoms with van der Waals surface area (Å²) in [5.41, 5.74) is 3.82. The molecular formula is C40H56O7Si. The molecule has 1 fully saturated rings. The van der Waals surface area contributed by atoms with Gasteiger partial charge in [0.1, 0.15) is 24.4 Å². The average molecular weight is 677 g/mol. The number of carbonyl (C=O) groups excluding carboxylic acids is 1. The Morgan fingerprint density at radius 3 is 1.69 bits per heavy atom. The molecule has 0 N–H and O–H groups in total. The van der Waals surface area contributed by atoms with Gasteiger partial charge in [-0.25, -0.2) is 4.79 Å². The van der Waals surface area contributed by atoms with Crippen molar-refractivity contribution in [1.82, 2.24) is 0 Å². The third kappa shape index (κ3) is 9.23. The first-order chi connectivity index (χ1) is 22.9. The molecule has 5 atom stereocenters. The molecule has 48 heavy (non-hydrogen) atoms. The van der Waals surface area contributed by atoms with Crippen molar-refractivity contribution in [3.8, 4) is 0 Å². The molecule has 3 aromatic carbocycles. The first-order valence-electron chi connectivity index (χ1n) is 17.5. The van der Waals surface area contributed by atoms with Crippen LogP contribution >= 0.6 is 0 Å². The van der Waals surface area contributed by atoms with Gasteiger partial charge in [0.15, 0.2) is 11.9 Å². The number of hydrogen-bond donors (Lipinski definition) is 0. The molecule has 0 bridgehead atoms. The van der Waals surface area contributed by atoms with Crippen LogP contribution in [0.4, 0.5) is 0 Å². The van der Waals surface area contributed by atoms with E-state index in [0.29, 0.717) is 6.61 Å². The van der Waals surface area contributed by atoms with Crippen LogP contribution in [0, 0.1) is 0 Å². The van der Waals surface area contributed by atoms with Crippen LogP contribution in [-0.4, -0.2) is 51.1 Å². The molecule has 7 nitrogen and oxygen atoms in total. The first-order valence-corrected chi connectivity index (χ1v) is 19.6. The van der Waals surface area contributed by atoms with Gasteiger partial charge in [0.05, 0.1) is 19.8 Å². The quantitative estimate of drug-likeness (QED) is 0.104. The lowest BCUT2D eigenvalue weighted by Gasteiger charge is -2.48. The molecule has 0 spiro atoms. The van der Waals surface area contributed by atoms with Crippen molar-refractivity contribution in [3.63, 3.8) is 0 Å². The van der Waals surface area contributed by atoms with Crippen molar-refractivity contribution in [1.29, 1.82) is 0 Å². The first kappa shape index (κ1) is 38.0. The Morgan fingerprint density at radius 1 is 0.729 bits per heavy atom. The molecule has 8 heteroatoms. The average Bonchev–Trinajstić information content (AvgIpc) is 3.39. The van der Waals surface area contributed by atoms with Gasteiger partial charge >= 0.3 is 5.97 Å². The van der Waals surface area contributed by atoms with Crippen LogP contribution in [0.1, 0.15) is 85.1 Å². The van der Waals surface area contributed by atoms with Gasteiger partial charge in [-0.05, 0) is 54.1 Å². The van der Waals surface area contributed by atoms with Gasteiger partial charge in [-0.15, -0.1) is 0 Å². The highest BCUT2D eigenvalue weighted by Gasteiger charge is 2.56. The molecule has 0 aliphatic carbocycles. The lowest BCUT2D eigenvalue weighted by molar-refractivity contribution is -0.186. The number of carbonyl (C=O) groups is 1. The Hall–Kier alpha value is -2.85. The highest BCUT2D eigenvalue weighted by atomic mass is 28.4. The van der Waals surface area contributed by atoms with Crippen molar-refractivity contribution in [2.24, 2.45) is 0 Å². The minimum absolute atomic E-state index is 0.220. The van der Waals surface area contributed by atoms with Crippen molar-refractivity contribution >= 4 is 14.3 Å². The third-order valence-corrected chi connectivity index (χ3v) is 15.4. The maximum Gasteiger partial charge on any atom is 0.338 e. The Kier molecular flexibility index (Phi) is 13.6. The molecular weight excluding hydrogens is 621 g/mol. The van der Waals surface area contributed by atoms with Gasteiger partial charge in [0, 0.05) is 0 Å². The molecule has 3 aromatic rings. The zero-order valence-corrected chi connectivity index (χ0v) is 31.3. The largest absolute Gasteiger partial charge is 0.464 e. The van der Waals surface area contributed by atoms with Gasteiger partial charge < -0.3 is 28.1 Å². The highest BCUT2D eigenvalue weighted by Crippen LogP contribution is 2.47. The summed E-state index contributed by atoms with van der Waals surface area (Å²) in [7, 11) is -2.59. The number of esters is 1. The lowest BCUT2D eigenvalue weighted by Crippen LogP contribution is -2.58. The maximum atomic E-state index is 13.6. The van der Waals surface area contributed by atoms with Crippen molar-refractivity contribution in [2.75, 3.05) is 6.61 Å². The molecule has 0 aromatic heterocycles. The maximum absolute atomic E-state index is 13.6. The minimum atomic E-state index is -2.59. The van der Waals surface area contributed by atoms with E-state index in [9.17, 15) is 4.79 Å². The Morgan fingerprint density at radius 2 is 1.21 bits per heavy atom. The molecule has 1 aliphatic heterocycles. The molecule has 1 saturated heterocycles. The van der Waals surface area contributed by atoms with Gasteiger partial charge in [-0.2, -0.15) is 0 Å². The number of ether oxygens (including phenoxy) is 5. The molecule has 0 saturated carbocycles. The molecule has 262 valence electrons. The van der Waals surface area contributed by atoms with Crippen LogP contribution in [0.3, 0.4) is 0 Å². The SMILES string of the molecule is CCOC(=O)[C@H]1OC(C)(C)O[C@@H]1[C@@H](OCc1ccccc1)[C@H](O[Si](C(C)C)(C(C)C)C(C)C)[C@H](OCc1ccccc1)c1ccccc1. The zero-order chi connectivity index (χ0) is 34.9. The number of benzene rings is 3. The Labute approximate surface area is 289 Å². The summed E-state index contributed by atoms with van der Waals surface area (Å²) in [5.74, 6) is -1.54. The standard InChI is InChI=1S/C40H56O7Si/c1-10-42-39(41)38-36(45-40(8,9)46-38)35(44-27-32-22-16-12-17-23-32)37(47-48(28(2)3,29(4)5)30(6)7)34(33-24-18-13-19-25-33)43-26-31-20-14-11-15-21-31/h11-25,28-30,34-38H,10,26-27H2,1-9H3/t34-,35-,36-,37-,38+/m1/s1. The van der Waals surface area contributed by atoms with E-state index in [4.69, 9.17) is 28.1 Å². The van der Waals surface area contributed by atoms with E-state index in [2.05, 4.69) is 65.8 Å². The molecule has 0 amide bonds. The predicted octanol–water partition coefficient (Wildman–Crippen LogP) is 9.17. The van der Waals surface area contributed by atoms with Crippen LogP contribution in [-0.2, 0) is 46.1 Å². The van der Waals surface area contributed by atoms with E-state index in [1.807, 2.05) is 80.6 Å². The molecule has 0 unspecified atom stereocenters. The zero-order valence-electron chi connectivity index (χ0n) is 30.3. The summed E-state index contributed by atoms with van der Waals surface area (Å²) >= 11 is 0. The number of hydrogen-bond acceptors (Lipinski definition) is 7.